The number of nitriles is 1. The predicted octanol–water partition coefficient (Wildman–Crippen LogP) is 3.27. The molecule has 0 radical (unpaired) electrons. The molecule has 0 aliphatic heterocycles. The highest BCUT2D eigenvalue weighted by Gasteiger charge is 2.10. The number of nitrogens with zero attached hydrogens (tertiary/aromatic N) is 1. The second-order valence-electron chi connectivity index (χ2n) is 7.77. The lowest BCUT2D eigenvalue weighted by Gasteiger charge is -2.14. The fourth-order valence-corrected chi connectivity index (χ4v) is 4.22. The Balaban J connectivity index is 1.29. The fraction of sp³-hybridized carbons (Fsp3) is 0.208. The lowest BCUT2D eigenvalue weighted by molar-refractivity contribution is 0.172. The van der Waals surface area contributed by atoms with Crippen molar-refractivity contribution in [1.29, 1.82) is 5.26 Å². The van der Waals surface area contributed by atoms with Crippen LogP contribution in [-0.2, 0) is 10.0 Å². The van der Waals surface area contributed by atoms with E-state index in [0.29, 0.717) is 36.5 Å². The molecule has 1 atom stereocenters. The first-order valence-corrected chi connectivity index (χ1v) is 12.3. The van der Waals surface area contributed by atoms with Gasteiger partial charge < -0.3 is 20.1 Å². The first-order valence-electron chi connectivity index (χ1n) is 10.4. The number of aromatic nitrogens is 1. The van der Waals surface area contributed by atoms with Crippen LogP contribution < -0.4 is 14.8 Å². The lowest BCUT2D eigenvalue weighted by Crippen LogP contribution is -2.26. The van der Waals surface area contributed by atoms with Crippen molar-refractivity contribution in [2.24, 2.45) is 0 Å². The number of ether oxygens (including phenoxy) is 1. The first kappa shape index (κ1) is 22.6. The van der Waals surface area contributed by atoms with E-state index >= 15 is 0 Å². The molecule has 0 spiro atoms. The molecule has 4 rings (SSSR count). The van der Waals surface area contributed by atoms with Crippen molar-refractivity contribution in [3.8, 4) is 11.8 Å². The van der Waals surface area contributed by atoms with Gasteiger partial charge in [-0.25, -0.2) is 8.42 Å². The quantitative estimate of drug-likeness (QED) is 0.282. The van der Waals surface area contributed by atoms with Crippen molar-refractivity contribution < 1.29 is 18.3 Å². The second-order valence-corrected chi connectivity index (χ2v) is 9.52. The van der Waals surface area contributed by atoms with Gasteiger partial charge in [0, 0.05) is 41.1 Å². The first-order chi connectivity index (χ1) is 15.8. The third-order valence-corrected chi connectivity index (χ3v) is 5.77. The van der Waals surface area contributed by atoms with Crippen molar-refractivity contribution in [2.75, 3.05) is 30.7 Å². The molecule has 4 N–H and O–H groups in total. The van der Waals surface area contributed by atoms with E-state index in [1.54, 1.807) is 30.3 Å². The number of aromatic amines is 1. The van der Waals surface area contributed by atoms with Crippen molar-refractivity contribution >= 4 is 37.5 Å². The summed E-state index contributed by atoms with van der Waals surface area (Å²) >= 11 is 0. The molecule has 9 heteroatoms. The number of sulfonamides is 1. The smallest absolute Gasteiger partial charge is 0.229 e. The van der Waals surface area contributed by atoms with E-state index in [9.17, 15) is 13.5 Å². The van der Waals surface area contributed by atoms with Gasteiger partial charge in [-0.15, -0.1) is 0 Å². The Morgan fingerprint density at radius 1 is 1.09 bits per heavy atom. The van der Waals surface area contributed by atoms with Gasteiger partial charge >= 0.3 is 0 Å². The zero-order chi connectivity index (χ0) is 23.4. The minimum absolute atomic E-state index is 0.300. The van der Waals surface area contributed by atoms with Gasteiger partial charge in [-0.1, -0.05) is 18.2 Å². The Morgan fingerprint density at radius 3 is 2.61 bits per heavy atom. The zero-order valence-corrected chi connectivity index (χ0v) is 18.8. The standard InChI is InChI=1S/C24H24N4O4S/c1-33(30,31)28-18-4-2-3-17(12-18)24(29)15-26-9-10-32-19-6-8-21-20-7-5-16(14-25)11-22(20)27-23(21)13-19/h2-8,11-13,24,26-29H,9-10,15H2,1H3. The van der Waals surface area contributed by atoms with E-state index in [2.05, 4.69) is 21.1 Å². The summed E-state index contributed by atoms with van der Waals surface area (Å²) in [4.78, 5) is 3.32. The van der Waals surface area contributed by atoms with Gasteiger partial charge in [0.15, 0.2) is 0 Å². The number of H-pyrrole nitrogens is 1. The summed E-state index contributed by atoms with van der Waals surface area (Å²) in [5.74, 6) is 0.719. The number of anilines is 1. The molecular weight excluding hydrogens is 440 g/mol. The molecule has 0 bridgehead atoms. The lowest BCUT2D eigenvalue weighted by atomic mass is 10.1. The van der Waals surface area contributed by atoms with E-state index in [0.717, 1.165) is 33.8 Å². The summed E-state index contributed by atoms with van der Waals surface area (Å²) in [6, 6.07) is 20.2. The average Bonchev–Trinajstić information content (AvgIpc) is 3.14. The topological polar surface area (TPSA) is 127 Å². The van der Waals surface area contributed by atoms with Crippen LogP contribution in [0.2, 0.25) is 0 Å². The van der Waals surface area contributed by atoms with Crippen molar-refractivity contribution in [3.05, 3.63) is 71.8 Å². The molecule has 0 amide bonds. The van der Waals surface area contributed by atoms with Crippen LogP contribution in [0.3, 0.4) is 0 Å². The van der Waals surface area contributed by atoms with Crippen LogP contribution in [0.1, 0.15) is 17.2 Å². The summed E-state index contributed by atoms with van der Waals surface area (Å²) in [5, 5.41) is 24.7. The maximum Gasteiger partial charge on any atom is 0.229 e. The molecule has 0 aliphatic carbocycles. The van der Waals surface area contributed by atoms with Crippen molar-refractivity contribution in [2.45, 2.75) is 6.10 Å². The molecule has 4 aromatic rings. The molecule has 1 aromatic heterocycles. The van der Waals surface area contributed by atoms with Crippen LogP contribution >= 0.6 is 0 Å². The zero-order valence-electron chi connectivity index (χ0n) is 18.0. The minimum Gasteiger partial charge on any atom is -0.492 e. The minimum atomic E-state index is -3.37. The Labute approximate surface area is 191 Å². The summed E-state index contributed by atoms with van der Waals surface area (Å²) < 4.78 is 31.0. The van der Waals surface area contributed by atoms with E-state index < -0.39 is 16.1 Å². The Kier molecular flexibility index (Phi) is 6.51. The van der Waals surface area contributed by atoms with Gasteiger partial charge in [-0.3, -0.25) is 4.72 Å². The number of nitrogens with one attached hydrogen (secondary N) is 3. The van der Waals surface area contributed by atoms with Gasteiger partial charge in [0.05, 0.1) is 29.5 Å². The average molecular weight is 465 g/mol. The fourth-order valence-electron chi connectivity index (χ4n) is 3.67. The summed E-state index contributed by atoms with van der Waals surface area (Å²) in [6.45, 7) is 1.23. The third-order valence-electron chi connectivity index (χ3n) is 5.16. The number of rotatable bonds is 9. The summed E-state index contributed by atoms with van der Waals surface area (Å²) in [6.07, 6.45) is 0.297. The number of aliphatic hydroxyl groups is 1. The molecular formula is C24H24N4O4S. The molecule has 0 aliphatic rings. The van der Waals surface area contributed by atoms with Gasteiger partial charge in [-0.05, 0) is 42.0 Å². The van der Waals surface area contributed by atoms with Crippen LogP contribution in [0, 0.1) is 11.3 Å². The SMILES string of the molecule is CS(=O)(=O)Nc1cccc(C(O)CNCCOc2ccc3c(c2)[nH]c2cc(C#N)ccc23)c1. The second kappa shape index (κ2) is 9.50. The maximum absolute atomic E-state index is 11.4. The molecule has 170 valence electrons. The van der Waals surface area contributed by atoms with E-state index in [4.69, 9.17) is 10.00 Å². The summed E-state index contributed by atoms with van der Waals surface area (Å²) in [7, 11) is -3.37. The monoisotopic (exact) mass is 464 g/mol. The van der Waals surface area contributed by atoms with Crippen LogP contribution in [0.25, 0.3) is 21.8 Å². The van der Waals surface area contributed by atoms with Crippen molar-refractivity contribution in [3.63, 3.8) is 0 Å². The van der Waals surface area contributed by atoms with Crippen LogP contribution in [-0.4, -0.2) is 44.5 Å². The number of hydrogen-bond acceptors (Lipinski definition) is 6. The molecule has 1 heterocycles. The molecule has 0 saturated heterocycles. The van der Waals surface area contributed by atoms with E-state index in [-0.39, 0.29) is 0 Å². The van der Waals surface area contributed by atoms with Gasteiger partial charge in [0.1, 0.15) is 12.4 Å². The highest BCUT2D eigenvalue weighted by atomic mass is 32.2. The highest BCUT2D eigenvalue weighted by molar-refractivity contribution is 7.92. The van der Waals surface area contributed by atoms with Crippen LogP contribution in [0.4, 0.5) is 5.69 Å². The molecule has 33 heavy (non-hydrogen) atoms. The molecule has 0 fully saturated rings. The van der Waals surface area contributed by atoms with E-state index in [1.807, 2.05) is 30.3 Å². The summed E-state index contributed by atoms with van der Waals surface area (Å²) in [5.41, 5.74) is 3.47. The number of benzene rings is 3. The molecule has 0 saturated carbocycles. The number of aliphatic hydroxyl groups excluding tert-OH is 1. The number of fused-ring (bicyclic) bond motifs is 3. The normalized spacial score (nSPS) is 12.5. The number of hydrogen-bond donors (Lipinski definition) is 4. The molecule has 1 unspecified atom stereocenters. The predicted molar refractivity (Wildman–Crippen MR) is 129 cm³/mol. The maximum atomic E-state index is 11.4. The van der Waals surface area contributed by atoms with Gasteiger partial charge in [0.25, 0.3) is 0 Å². The Morgan fingerprint density at radius 2 is 1.85 bits per heavy atom. The Hall–Kier alpha value is -3.58. The van der Waals surface area contributed by atoms with Crippen LogP contribution in [0.5, 0.6) is 5.75 Å². The van der Waals surface area contributed by atoms with Crippen LogP contribution in [0.15, 0.2) is 60.7 Å². The third kappa shape index (κ3) is 5.62. The highest BCUT2D eigenvalue weighted by Crippen LogP contribution is 2.29. The van der Waals surface area contributed by atoms with Gasteiger partial charge in [-0.2, -0.15) is 5.26 Å². The van der Waals surface area contributed by atoms with E-state index in [1.165, 1.54) is 0 Å². The molecule has 3 aromatic carbocycles. The largest absolute Gasteiger partial charge is 0.492 e. The molecule has 8 nitrogen and oxygen atoms in total. The Bertz CT molecular complexity index is 1440. The van der Waals surface area contributed by atoms with Gasteiger partial charge in [0.2, 0.25) is 10.0 Å². The van der Waals surface area contributed by atoms with Crippen molar-refractivity contribution in [1.82, 2.24) is 10.3 Å².